The summed E-state index contributed by atoms with van der Waals surface area (Å²) in [5, 5.41) is 3.60. The molecule has 18 heavy (non-hydrogen) atoms. The Labute approximate surface area is 111 Å². The standard InChI is InChI=1S/C16H26N2/c1-11(2)14-10-17-13-9-7-8-12(16(3,4)5)15(13)18(14)6/h7-9,11,14,17H,10H2,1-6H3. The number of hydrogen-bond donors (Lipinski definition) is 1. The molecule has 0 aliphatic carbocycles. The van der Waals surface area contributed by atoms with Crippen molar-refractivity contribution in [2.45, 2.75) is 46.1 Å². The van der Waals surface area contributed by atoms with E-state index in [1.165, 1.54) is 16.9 Å². The van der Waals surface area contributed by atoms with Gasteiger partial charge in [-0.1, -0.05) is 46.8 Å². The Hall–Kier alpha value is -1.18. The highest BCUT2D eigenvalue weighted by molar-refractivity contribution is 5.77. The third kappa shape index (κ3) is 2.21. The minimum absolute atomic E-state index is 0.181. The molecule has 2 nitrogen and oxygen atoms in total. The van der Waals surface area contributed by atoms with Gasteiger partial charge in [-0.2, -0.15) is 0 Å². The summed E-state index contributed by atoms with van der Waals surface area (Å²) < 4.78 is 0. The van der Waals surface area contributed by atoms with E-state index in [2.05, 4.69) is 70.1 Å². The maximum absolute atomic E-state index is 3.60. The van der Waals surface area contributed by atoms with Gasteiger partial charge in [-0.25, -0.2) is 0 Å². The van der Waals surface area contributed by atoms with Crippen LogP contribution in [0.25, 0.3) is 0 Å². The molecule has 1 aromatic carbocycles. The smallest absolute Gasteiger partial charge is 0.0640 e. The molecular weight excluding hydrogens is 220 g/mol. The van der Waals surface area contributed by atoms with Crippen LogP contribution in [0.15, 0.2) is 18.2 Å². The van der Waals surface area contributed by atoms with Crippen molar-refractivity contribution in [3.05, 3.63) is 23.8 Å². The van der Waals surface area contributed by atoms with Gasteiger partial charge in [0, 0.05) is 19.6 Å². The first-order valence-electron chi connectivity index (χ1n) is 6.92. The molecular formula is C16H26N2. The number of hydrogen-bond acceptors (Lipinski definition) is 2. The molecule has 2 heteroatoms. The van der Waals surface area contributed by atoms with Crippen LogP contribution in [0.2, 0.25) is 0 Å². The van der Waals surface area contributed by atoms with Crippen molar-refractivity contribution in [2.75, 3.05) is 23.8 Å². The summed E-state index contributed by atoms with van der Waals surface area (Å²) in [5.74, 6) is 0.656. The zero-order valence-corrected chi connectivity index (χ0v) is 12.5. The van der Waals surface area contributed by atoms with Gasteiger partial charge in [-0.05, 0) is 23.0 Å². The molecule has 2 rings (SSSR count). The Morgan fingerprint density at radius 3 is 2.50 bits per heavy atom. The minimum atomic E-state index is 0.181. The topological polar surface area (TPSA) is 15.3 Å². The Balaban J connectivity index is 2.51. The summed E-state index contributed by atoms with van der Waals surface area (Å²) in [5.41, 5.74) is 4.28. The number of nitrogens with zero attached hydrogens (tertiary/aromatic N) is 1. The molecule has 0 aromatic heterocycles. The Morgan fingerprint density at radius 1 is 1.28 bits per heavy atom. The van der Waals surface area contributed by atoms with Gasteiger partial charge >= 0.3 is 0 Å². The third-order valence-corrected chi connectivity index (χ3v) is 3.97. The van der Waals surface area contributed by atoms with E-state index >= 15 is 0 Å². The van der Waals surface area contributed by atoms with E-state index < -0.39 is 0 Å². The average molecular weight is 246 g/mol. The van der Waals surface area contributed by atoms with Gasteiger partial charge in [0.05, 0.1) is 11.4 Å². The number of rotatable bonds is 1. The number of anilines is 2. The van der Waals surface area contributed by atoms with E-state index in [0.29, 0.717) is 12.0 Å². The van der Waals surface area contributed by atoms with E-state index in [1.807, 2.05) is 0 Å². The largest absolute Gasteiger partial charge is 0.381 e. The maximum Gasteiger partial charge on any atom is 0.0640 e. The normalized spacial score (nSPS) is 19.7. The van der Waals surface area contributed by atoms with Crippen LogP contribution in [0.3, 0.4) is 0 Å². The van der Waals surface area contributed by atoms with Crippen LogP contribution in [0.4, 0.5) is 11.4 Å². The van der Waals surface area contributed by atoms with Crippen molar-refractivity contribution in [1.29, 1.82) is 0 Å². The van der Waals surface area contributed by atoms with Crippen LogP contribution in [-0.2, 0) is 5.41 Å². The fraction of sp³-hybridized carbons (Fsp3) is 0.625. The molecule has 0 fully saturated rings. The molecule has 1 aliphatic heterocycles. The van der Waals surface area contributed by atoms with Gasteiger partial charge in [-0.3, -0.25) is 0 Å². The third-order valence-electron chi connectivity index (χ3n) is 3.97. The first-order chi connectivity index (χ1) is 8.32. The van der Waals surface area contributed by atoms with Crippen LogP contribution in [0.5, 0.6) is 0 Å². The van der Waals surface area contributed by atoms with E-state index in [9.17, 15) is 0 Å². The molecule has 1 aromatic rings. The first kappa shape index (κ1) is 13.3. The number of fused-ring (bicyclic) bond motifs is 1. The highest BCUT2D eigenvalue weighted by Gasteiger charge is 2.30. The van der Waals surface area contributed by atoms with Gasteiger partial charge in [0.2, 0.25) is 0 Å². The van der Waals surface area contributed by atoms with Crippen LogP contribution in [0.1, 0.15) is 40.2 Å². The fourth-order valence-electron chi connectivity index (χ4n) is 2.87. The molecule has 100 valence electrons. The number of likely N-dealkylation sites (N-methyl/N-ethyl adjacent to an activating group) is 1. The van der Waals surface area contributed by atoms with Crippen LogP contribution >= 0.6 is 0 Å². The molecule has 0 bridgehead atoms. The van der Waals surface area contributed by atoms with Crippen LogP contribution in [0, 0.1) is 5.92 Å². The summed E-state index contributed by atoms with van der Waals surface area (Å²) in [6.45, 7) is 12.5. The van der Waals surface area contributed by atoms with Crippen molar-refractivity contribution in [1.82, 2.24) is 0 Å². The van der Waals surface area contributed by atoms with Crippen molar-refractivity contribution in [3.8, 4) is 0 Å². The average Bonchev–Trinajstić information content (AvgIpc) is 2.27. The minimum Gasteiger partial charge on any atom is -0.381 e. The molecule has 0 spiro atoms. The van der Waals surface area contributed by atoms with Crippen molar-refractivity contribution in [2.24, 2.45) is 5.92 Å². The second-order valence-corrected chi connectivity index (χ2v) is 6.75. The second-order valence-electron chi connectivity index (χ2n) is 6.75. The Morgan fingerprint density at radius 2 is 1.94 bits per heavy atom. The molecule has 0 saturated heterocycles. The predicted octanol–water partition coefficient (Wildman–Crippen LogP) is 3.87. The SMILES string of the molecule is CC(C)C1CNc2cccc(C(C)(C)C)c2N1C. The second kappa shape index (κ2) is 4.49. The summed E-state index contributed by atoms with van der Waals surface area (Å²) in [4.78, 5) is 2.47. The zero-order valence-electron chi connectivity index (χ0n) is 12.5. The summed E-state index contributed by atoms with van der Waals surface area (Å²) in [7, 11) is 2.24. The lowest BCUT2D eigenvalue weighted by Crippen LogP contribution is -2.45. The Kier molecular flexibility index (Phi) is 3.31. The molecule has 0 saturated carbocycles. The molecule has 0 radical (unpaired) electrons. The maximum atomic E-state index is 3.60. The lowest BCUT2D eigenvalue weighted by Gasteiger charge is -2.42. The highest BCUT2D eigenvalue weighted by atomic mass is 15.2. The van der Waals surface area contributed by atoms with Crippen molar-refractivity contribution < 1.29 is 0 Å². The van der Waals surface area contributed by atoms with Gasteiger partial charge in [0.15, 0.2) is 0 Å². The first-order valence-corrected chi connectivity index (χ1v) is 6.92. The van der Waals surface area contributed by atoms with Gasteiger partial charge in [-0.15, -0.1) is 0 Å². The van der Waals surface area contributed by atoms with Crippen molar-refractivity contribution in [3.63, 3.8) is 0 Å². The number of para-hydroxylation sites is 1. The van der Waals surface area contributed by atoms with Crippen molar-refractivity contribution >= 4 is 11.4 Å². The molecule has 0 amide bonds. The summed E-state index contributed by atoms with van der Waals surface area (Å²) in [6, 6.07) is 7.19. The molecule has 1 heterocycles. The number of benzene rings is 1. The monoisotopic (exact) mass is 246 g/mol. The summed E-state index contributed by atoms with van der Waals surface area (Å²) >= 11 is 0. The summed E-state index contributed by atoms with van der Waals surface area (Å²) in [6.07, 6.45) is 0. The molecule has 1 unspecified atom stereocenters. The van der Waals surface area contributed by atoms with E-state index in [-0.39, 0.29) is 5.41 Å². The van der Waals surface area contributed by atoms with Gasteiger partial charge in [0.1, 0.15) is 0 Å². The zero-order chi connectivity index (χ0) is 13.5. The molecule has 1 atom stereocenters. The van der Waals surface area contributed by atoms with E-state index in [4.69, 9.17) is 0 Å². The molecule has 1 N–H and O–H groups in total. The predicted molar refractivity (Wildman–Crippen MR) is 80.7 cm³/mol. The fourth-order valence-corrected chi connectivity index (χ4v) is 2.87. The lowest BCUT2D eigenvalue weighted by molar-refractivity contribution is 0.477. The van der Waals surface area contributed by atoms with Gasteiger partial charge < -0.3 is 10.2 Å². The van der Waals surface area contributed by atoms with Crippen LogP contribution < -0.4 is 10.2 Å². The van der Waals surface area contributed by atoms with E-state index in [1.54, 1.807) is 0 Å². The van der Waals surface area contributed by atoms with Gasteiger partial charge in [0.25, 0.3) is 0 Å². The highest BCUT2D eigenvalue weighted by Crippen LogP contribution is 2.40. The number of nitrogens with one attached hydrogen (secondary N) is 1. The Bertz CT molecular complexity index is 429. The quantitative estimate of drug-likeness (QED) is 0.809. The lowest BCUT2D eigenvalue weighted by atomic mass is 9.83. The molecule has 1 aliphatic rings. The van der Waals surface area contributed by atoms with Crippen LogP contribution in [-0.4, -0.2) is 19.6 Å². The van der Waals surface area contributed by atoms with E-state index in [0.717, 1.165) is 6.54 Å².